The largest absolute Gasteiger partial charge is 0.486 e. The summed E-state index contributed by atoms with van der Waals surface area (Å²) in [5, 5.41) is 12.1. The Balaban J connectivity index is 1.39. The Labute approximate surface area is 184 Å². The molecule has 9 nitrogen and oxygen atoms in total. The number of anilines is 3. The van der Waals surface area contributed by atoms with Gasteiger partial charge in [-0.05, 0) is 30.0 Å². The van der Waals surface area contributed by atoms with Gasteiger partial charge in [0.2, 0.25) is 11.9 Å². The number of carbonyl (C=O) groups excluding carboxylic acids is 1. The van der Waals surface area contributed by atoms with Crippen LogP contribution in [0.15, 0.2) is 29.6 Å². The van der Waals surface area contributed by atoms with Gasteiger partial charge in [0.1, 0.15) is 23.9 Å². The van der Waals surface area contributed by atoms with Gasteiger partial charge >= 0.3 is 0 Å². The van der Waals surface area contributed by atoms with E-state index in [9.17, 15) is 4.79 Å². The van der Waals surface area contributed by atoms with Crippen molar-refractivity contribution in [3.63, 3.8) is 0 Å². The third-order valence-corrected chi connectivity index (χ3v) is 5.65. The number of methoxy groups -OCH3 is 1. The van der Waals surface area contributed by atoms with Crippen LogP contribution in [0, 0.1) is 0 Å². The lowest BCUT2D eigenvalue weighted by Gasteiger charge is -2.19. The minimum atomic E-state index is -0.216. The summed E-state index contributed by atoms with van der Waals surface area (Å²) < 4.78 is 16.5. The van der Waals surface area contributed by atoms with E-state index in [2.05, 4.69) is 32.8 Å². The predicted octanol–water partition coefficient (Wildman–Crippen LogP) is 3.35. The van der Waals surface area contributed by atoms with E-state index in [1.54, 1.807) is 25.3 Å². The third-order valence-electron chi connectivity index (χ3n) is 4.84. The highest BCUT2D eigenvalue weighted by atomic mass is 32.1. The van der Waals surface area contributed by atoms with Crippen LogP contribution in [0.3, 0.4) is 0 Å². The van der Waals surface area contributed by atoms with Crippen LogP contribution in [-0.2, 0) is 9.53 Å². The average molecular weight is 444 g/mol. The maximum atomic E-state index is 12.4. The molecule has 1 aliphatic heterocycles. The first-order chi connectivity index (χ1) is 15.2. The molecule has 4 rings (SSSR count). The third kappa shape index (κ3) is 5.15. The predicted molar refractivity (Wildman–Crippen MR) is 122 cm³/mol. The summed E-state index contributed by atoms with van der Waals surface area (Å²) in [6.45, 7) is 3.76. The lowest BCUT2D eigenvalue weighted by Crippen LogP contribution is -2.24. The van der Waals surface area contributed by atoms with Gasteiger partial charge in [-0.15, -0.1) is 11.3 Å². The number of rotatable bonds is 9. The summed E-state index contributed by atoms with van der Waals surface area (Å²) in [7, 11) is 1.70. The molecule has 0 aliphatic carbocycles. The quantitative estimate of drug-likeness (QED) is 0.462. The number of amides is 1. The maximum absolute atomic E-state index is 12.4. The van der Waals surface area contributed by atoms with Gasteiger partial charge in [0.25, 0.3) is 0 Å². The fraction of sp³-hybridized carbons (Fsp3) is 0.381. The molecule has 0 bridgehead atoms. The minimum Gasteiger partial charge on any atom is -0.486 e. The number of nitrogens with zero attached hydrogens (tertiary/aromatic N) is 2. The molecule has 1 atom stereocenters. The Morgan fingerprint density at radius 2 is 2.03 bits per heavy atom. The number of benzene rings is 1. The van der Waals surface area contributed by atoms with Gasteiger partial charge in [0.15, 0.2) is 11.5 Å². The molecule has 0 fully saturated rings. The van der Waals surface area contributed by atoms with Crippen molar-refractivity contribution in [2.45, 2.75) is 19.4 Å². The van der Waals surface area contributed by atoms with Gasteiger partial charge in [0.05, 0.1) is 18.0 Å². The summed E-state index contributed by atoms with van der Waals surface area (Å²) in [5.41, 5.74) is 0.637. The van der Waals surface area contributed by atoms with E-state index in [-0.39, 0.29) is 18.6 Å². The monoisotopic (exact) mass is 443 g/mol. The lowest BCUT2D eigenvalue weighted by atomic mass is 10.2. The second kappa shape index (κ2) is 9.80. The van der Waals surface area contributed by atoms with Crippen LogP contribution in [0.1, 0.15) is 13.3 Å². The molecule has 0 radical (unpaired) electrons. The van der Waals surface area contributed by atoms with Crippen molar-refractivity contribution in [1.29, 1.82) is 0 Å². The Morgan fingerprint density at radius 3 is 2.84 bits per heavy atom. The number of nitrogens with one attached hydrogen (secondary N) is 3. The molecule has 164 valence electrons. The van der Waals surface area contributed by atoms with Gasteiger partial charge in [-0.1, -0.05) is 6.92 Å². The van der Waals surface area contributed by atoms with Crippen LogP contribution in [0.4, 0.5) is 17.5 Å². The van der Waals surface area contributed by atoms with E-state index in [0.717, 1.165) is 22.5 Å². The molecule has 1 aliphatic rings. The molecule has 2 aromatic heterocycles. The highest BCUT2D eigenvalue weighted by molar-refractivity contribution is 7.16. The van der Waals surface area contributed by atoms with E-state index in [1.807, 2.05) is 11.4 Å². The smallest absolute Gasteiger partial charge is 0.243 e. The Morgan fingerprint density at radius 1 is 1.19 bits per heavy atom. The van der Waals surface area contributed by atoms with Crippen molar-refractivity contribution in [3.8, 4) is 11.5 Å². The number of hydrogen-bond acceptors (Lipinski definition) is 9. The number of carbonyl (C=O) groups is 1. The average Bonchev–Trinajstić information content (AvgIpc) is 3.27. The van der Waals surface area contributed by atoms with Crippen molar-refractivity contribution < 1.29 is 19.0 Å². The summed E-state index contributed by atoms with van der Waals surface area (Å²) in [4.78, 5) is 22.3. The zero-order valence-electron chi connectivity index (χ0n) is 17.4. The van der Waals surface area contributed by atoms with Crippen LogP contribution in [0.2, 0.25) is 0 Å². The molecule has 1 aromatic carbocycles. The van der Waals surface area contributed by atoms with Crippen LogP contribution < -0.4 is 25.4 Å². The fourth-order valence-corrected chi connectivity index (χ4v) is 3.92. The summed E-state index contributed by atoms with van der Waals surface area (Å²) in [6.07, 6.45) is 0.990. The Kier molecular flexibility index (Phi) is 6.68. The van der Waals surface area contributed by atoms with Gasteiger partial charge in [-0.3, -0.25) is 4.79 Å². The molecule has 1 unspecified atom stereocenters. The topological polar surface area (TPSA) is 107 Å². The van der Waals surface area contributed by atoms with Gasteiger partial charge in [-0.2, -0.15) is 4.98 Å². The van der Waals surface area contributed by atoms with E-state index >= 15 is 0 Å². The molecule has 0 spiro atoms. The molecule has 0 saturated heterocycles. The molecule has 3 N–H and O–H groups in total. The molecule has 10 heteroatoms. The molecular formula is C21H25N5O4S. The second-order valence-corrected chi connectivity index (χ2v) is 7.84. The number of aromatic nitrogens is 2. The van der Waals surface area contributed by atoms with Gasteiger partial charge < -0.3 is 30.2 Å². The maximum Gasteiger partial charge on any atom is 0.243 e. The molecule has 3 heterocycles. The second-order valence-electron chi connectivity index (χ2n) is 6.94. The highest BCUT2D eigenvalue weighted by Crippen LogP contribution is 2.32. The lowest BCUT2D eigenvalue weighted by molar-refractivity contribution is -0.114. The zero-order valence-corrected chi connectivity index (χ0v) is 18.3. The van der Waals surface area contributed by atoms with Gasteiger partial charge in [0, 0.05) is 25.4 Å². The SMILES string of the molecule is CCC(CNc1nc(NCC(=O)Nc2ccc3c(c2)OCCO3)nc2sccc12)OC. The Hall–Kier alpha value is -3.11. The van der Waals surface area contributed by atoms with Crippen molar-refractivity contribution >= 4 is 44.9 Å². The minimum absolute atomic E-state index is 0.0282. The first kappa shape index (κ1) is 21.1. The van der Waals surface area contributed by atoms with Crippen molar-refractivity contribution in [3.05, 3.63) is 29.6 Å². The van der Waals surface area contributed by atoms with Gasteiger partial charge in [-0.25, -0.2) is 4.98 Å². The molecule has 3 aromatic rings. The first-order valence-corrected chi connectivity index (χ1v) is 11.0. The van der Waals surface area contributed by atoms with E-state index in [4.69, 9.17) is 14.2 Å². The first-order valence-electron chi connectivity index (χ1n) is 10.1. The van der Waals surface area contributed by atoms with Crippen molar-refractivity contribution in [2.75, 3.05) is 49.4 Å². The number of ether oxygens (including phenoxy) is 3. The fourth-order valence-electron chi connectivity index (χ4n) is 3.16. The normalized spacial score (nSPS) is 13.6. The van der Waals surface area contributed by atoms with Crippen LogP contribution in [-0.4, -0.2) is 55.4 Å². The van der Waals surface area contributed by atoms with E-state index in [1.165, 1.54) is 11.3 Å². The summed E-state index contributed by atoms with van der Waals surface area (Å²) >= 11 is 1.52. The van der Waals surface area contributed by atoms with E-state index < -0.39 is 0 Å². The molecule has 31 heavy (non-hydrogen) atoms. The van der Waals surface area contributed by atoms with Crippen molar-refractivity contribution in [1.82, 2.24) is 9.97 Å². The molecule has 1 amide bonds. The number of hydrogen-bond donors (Lipinski definition) is 3. The van der Waals surface area contributed by atoms with E-state index in [0.29, 0.717) is 42.9 Å². The summed E-state index contributed by atoms with van der Waals surface area (Å²) in [5.74, 6) is 2.20. The van der Waals surface area contributed by atoms with Crippen molar-refractivity contribution in [2.24, 2.45) is 0 Å². The standard InChI is InChI=1S/C21H25N5O4S/c1-3-14(28-2)11-22-19-15-6-9-31-20(15)26-21(25-19)23-12-18(27)24-13-4-5-16-17(10-13)30-8-7-29-16/h4-6,9-10,14H,3,7-8,11-12H2,1-2H3,(H,24,27)(H2,22,23,25,26). The number of fused-ring (bicyclic) bond motifs is 2. The van der Waals surface area contributed by atoms with Crippen LogP contribution >= 0.6 is 11.3 Å². The zero-order chi connectivity index (χ0) is 21.6. The highest BCUT2D eigenvalue weighted by Gasteiger charge is 2.14. The summed E-state index contributed by atoms with van der Waals surface area (Å²) in [6, 6.07) is 7.30. The molecular weight excluding hydrogens is 418 g/mol. The Bertz CT molecular complexity index is 1050. The van der Waals surface area contributed by atoms with Crippen LogP contribution in [0.25, 0.3) is 10.2 Å². The van der Waals surface area contributed by atoms with Crippen LogP contribution in [0.5, 0.6) is 11.5 Å². The molecule has 0 saturated carbocycles. The number of thiophene rings is 1.